The number of pyridine rings is 1. The zero-order valence-corrected chi connectivity index (χ0v) is 14.7. The standard InChI is InChI=1S/C17H16N.2C2H6/c1-13-7-3-5-9-15(13)17-16-10-6-4-8-14(16)11-12-18(17)2;2*1-2/h3-12H,1-2H3;2*1-2H3/q+1;;. The molecule has 2 aromatic carbocycles. The average molecular weight is 294 g/mol. The molecule has 0 atom stereocenters. The van der Waals surface area contributed by atoms with Gasteiger partial charge in [0.15, 0.2) is 6.20 Å². The van der Waals surface area contributed by atoms with Crippen LogP contribution in [-0.4, -0.2) is 0 Å². The first-order valence-corrected chi connectivity index (χ1v) is 8.21. The third-order valence-electron chi connectivity index (χ3n) is 3.45. The number of hydrogen-bond acceptors (Lipinski definition) is 0. The minimum absolute atomic E-state index is 1.28. The summed E-state index contributed by atoms with van der Waals surface area (Å²) >= 11 is 0. The van der Waals surface area contributed by atoms with Gasteiger partial charge in [0.05, 0.1) is 5.39 Å². The van der Waals surface area contributed by atoms with E-state index in [-0.39, 0.29) is 0 Å². The van der Waals surface area contributed by atoms with Crippen molar-refractivity contribution in [1.29, 1.82) is 0 Å². The molecule has 1 aromatic heterocycles. The van der Waals surface area contributed by atoms with Crippen molar-refractivity contribution in [2.75, 3.05) is 0 Å². The summed E-state index contributed by atoms with van der Waals surface area (Å²) in [6, 6.07) is 19.3. The number of fused-ring (bicyclic) bond motifs is 1. The van der Waals surface area contributed by atoms with E-state index in [9.17, 15) is 0 Å². The van der Waals surface area contributed by atoms with E-state index in [0.717, 1.165) is 0 Å². The average Bonchev–Trinajstić information content (AvgIpc) is 2.59. The van der Waals surface area contributed by atoms with E-state index in [1.54, 1.807) is 0 Å². The fraction of sp³-hybridized carbons (Fsp3) is 0.286. The van der Waals surface area contributed by atoms with Crippen LogP contribution in [-0.2, 0) is 7.05 Å². The van der Waals surface area contributed by atoms with Crippen LogP contribution < -0.4 is 4.57 Å². The van der Waals surface area contributed by atoms with Crippen LogP contribution in [0, 0.1) is 6.92 Å². The van der Waals surface area contributed by atoms with Crippen molar-refractivity contribution in [3.63, 3.8) is 0 Å². The number of nitrogens with zero attached hydrogens (tertiary/aromatic N) is 1. The second-order valence-corrected chi connectivity index (χ2v) is 4.68. The quantitative estimate of drug-likeness (QED) is 0.507. The summed E-state index contributed by atoms with van der Waals surface area (Å²) in [7, 11) is 2.11. The van der Waals surface area contributed by atoms with Gasteiger partial charge in [0, 0.05) is 11.6 Å². The van der Waals surface area contributed by atoms with E-state index in [2.05, 4.69) is 79.3 Å². The summed E-state index contributed by atoms with van der Waals surface area (Å²) in [6.07, 6.45) is 2.13. The van der Waals surface area contributed by atoms with E-state index < -0.39 is 0 Å². The lowest BCUT2D eigenvalue weighted by Gasteiger charge is -2.07. The number of rotatable bonds is 1. The second-order valence-electron chi connectivity index (χ2n) is 4.68. The minimum Gasteiger partial charge on any atom is -0.200 e. The van der Waals surface area contributed by atoms with Gasteiger partial charge in [-0.25, -0.2) is 4.57 Å². The number of hydrogen-bond donors (Lipinski definition) is 0. The van der Waals surface area contributed by atoms with E-state index >= 15 is 0 Å². The van der Waals surface area contributed by atoms with Crippen molar-refractivity contribution in [2.24, 2.45) is 7.05 Å². The molecule has 3 aromatic rings. The van der Waals surface area contributed by atoms with Gasteiger partial charge in [0.2, 0.25) is 5.69 Å². The zero-order valence-electron chi connectivity index (χ0n) is 14.7. The zero-order chi connectivity index (χ0) is 16.5. The Labute approximate surface area is 135 Å². The Morgan fingerprint density at radius 2 is 1.32 bits per heavy atom. The van der Waals surface area contributed by atoms with Gasteiger partial charge < -0.3 is 0 Å². The van der Waals surface area contributed by atoms with Gasteiger partial charge in [0.1, 0.15) is 7.05 Å². The highest BCUT2D eigenvalue weighted by Crippen LogP contribution is 2.27. The molecule has 3 rings (SSSR count). The van der Waals surface area contributed by atoms with Crippen LogP contribution in [0.4, 0.5) is 0 Å². The molecule has 116 valence electrons. The summed E-state index contributed by atoms with van der Waals surface area (Å²) < 4.78 is 2.20. The fourth-order valence-electron chi connectivity index (χ4n) is 2.49. The molecule has 1 heteroatoms. The Hall–Kier alpha value is -2.15. The molecule has 0 spiro atoms. The maximum atomic E-state index is 2.20. The fourth-order valence-corrected chi connectivity index (χ4v) is 2.49. The molecule has 0 fully saturated rings. The van der Waals surface area contributed by atoms with Crippen molar-refractivity contribution in [3.05, 3.63) is 66.4 Å². The Morgan fingerprint density at radius 1 is 0.727 bits per heavy atom. The molecule has 0 radical (unpaired) electrons. The van der Waals surface area contributed by atoms with Crippen LogP contribution >= 0.6 is 0 Å². The van der Waals surface area contributed by atoms with E-state index in [4.69, 9.17) is 0 Å². The molecule has 1 heterocycles. The summed E-state index contributed by atoms with van der Waals surface area (Å²) in [6.45, 7) is 10.2. The molecule has 22 heavy (non-hydrogen) atoms. The number of aryl methyl sites for hydroxylation is 2. The third kappa shape index (κ3) is 3.73. The van der Waals surface area contributed by atoms with E-state index in [1.165, 1.54) is 27.6 Å². The molecule has 0 saturated heterocycles. The first-order valence-electron chi connectivity index (χ1n) is 8.21. The molecule has 0 aliphatic rings. The largest absolute Gasteiger partial charge is 0.220 e. The third-order valence-corrected chi connectivity index (χ3v) is 3.45. The van der Waals surface area contributed by atoms with Gasteiger partial charge in [-0.05, 0) is 30.0 Å². The minimum atomic E-state index is 1.28. The molecule has 0 bridgehead atoms. The summed E-state index contributed by atoms with van der Waals surface area (Å²) in [4.78, 5) is 0. The highest BCUT2D eigenvalue weighted by molar-refractivity contribution is 5.93. The van der Waals surface area contributed by atoms with Gasteiger partial charge in [-0.3, -0.25) is 0 Å². The number of benzene rings is 2. The predicted molar refractivity (Wildman–Crippen MR) is 98.0 cm³/mol. The molecule has 0 aliphatic heterocycles. The Balaban J connectivity index is 0.000000561. The van der Waals surface area contributed by atoms with Crippen molar-refractivity contribution in [3.8, 4) is 11.3 Å². The van der Waals surface area contributed by atoms with Gasteiger partial charge in [-0.1, -0.05) is 64.1 Å². The highest BCUT2D eigenvalue weighted by Gasteiger charge is 2.15. The van der Waals surface area contributed by atoms with Crippen LogP contribution in [0.2, 0.25) is 0 Å². The molecule has 0 aliphatic carbocycles. The van der Waals surface area contributed by atoms with Gasteiger partial charge in [-0.15, -0.1) is 0 Å². The summed E-state index contributed by atoms with van der Waals surface area (Å²) in [5.41, 5.74) is 3.90. The van der Waals surface area contributed by atoms with Crippen LogP contribution in [0.15, 0.2) is 60.8 Å². The second kappa shape index (κ2) is 8.99. The van der Waals surface area contributed by atoms with Crippen LogP contribution in [0.1, 0.15) is 33.3 Å². The molecular formula is C21H28N+. The van der Waals surface area contributed by atoms with Crippen LogP contribution in [0.5, 0.6) is 0 Å². The maximum Gasteiger partial charge on any atom is 0.220 e. The topological polar surface area (TPSA) is 3.88 Å². The monoisotopic (exact) mass is 294 g/mol. The Morgan fingerprint density at radius 3 is 2.00 bits per heavy atom. The van der Waals surface area contributed by atoms with Crippen molar-refractivity contribution < 1.29 is 4.57 Å². The molecule has 0 saturated carbocycles. The van der Waals surface area contributed by atoms with Gasteiger partial charge >= 0.3 is 0 Å². The van der Waals surface area contributed by atoms with Crippen molar-refractivity contribution in [2.45, 2.75) is 34.6 Å². The van der Waals surface area contributed by atoms with Crippen LogP contribution in [0.3, 0.4) is 0 Å². The lowest BCUT2D eigenvalue weighted by molar-refractivity contribution is -0.659. The molecule has 1 nitrogen and oxygen atoms in total. The SMILES string of the molecule is CC.CC.Cc1ccccc1-c1c2ccccc2cc[n+]1C. The predicted octanol–water partition coefficient (Wildman–Crippen LogP) is 5.69. The number of aromatic nitrogens is 1. The van der Waals surface area contributed by atoms with Gasteiger partial charge in [0.25, 0.3) is 0 Å². The summed E-state index contributed by atoms with van der Waals surface area (Å²) in [5, 5.41) is 2.59. The molecule has 0 amide bonds. The Kier molecular flexibility index (Phi) is 7.31. The maximum absolute atomic E-state index is 2.20. The van der Waals surface area contributed by atoms with Gasteiger partial charge in [-0.2, -0.15) is 0 Å². The van der Waals surface area contributed by atoms with E-state index in [1.807, 2.05) is 27.7 Å². The lowest BCUT2D eigenvalue weighted by Crippen LogP contribution is -2.30. The first kappa shape index (κ1) is 17.9. The molecule has 0 N–H and O–H groups in total. The first-order chi connectivity index (χ1) is 10.8. The van der Waals surface area contributed by atoms with Crippen molar-refractivity contribution >= 4 is 10.8 Å². The molecular weight excluding hydrogens is 266 g/mol. The van der Waals surface area contributed by atoms with Crippen LogP contribution in [0.25, 0.3) is 22.0 Å². The van der Waals surface area contributed by atoms with Crippen molar-refractivity contribution in [1.82, 2.24) is 0 Å². The lowest BCUT2D eigenvalue weighted by atomic mass is 10.00. The van der Waals surface area contributed by atoms with E-state index in [0.29, 0.717) is 0 Å². The normalized spacial score (nSPS) is 9.36. The Bertz CT molecular complexity index is 714. The summed E-state index contributed by atoms with van der Waals surface area (Å²) in [5.74, 6) is 0. The highest BCUT2D eigenvalue weighted by atomic mass is 14.9. The smallest absolute Gasteiger partial charge is 0.200 e. The molecule has 0 unspecified atom stereocenters.